The smallest absolute Gasteiger partial charge is 0.125 e. The number of imidazole rings is 1. The van der Waals surface area contributed by atoms with Gasteiger partial charge in [0.2, 0.25) is 0 Å². The number of hydrogen-bond donors (Lipinski definition) is 1. The van der Waals surface area contributed by atoms with Crippen molar-refractivity contribution < 1.29 is 4.39 Å². The zero-order valence-electron chi connectivity index (χ0n) is 10.0. The molecule has 0 aliphatic carbocycles. The number of rotatable bonds is 3. The lowest BCUT2D eigenvalue weighted by Gasteiger charge is -2.13. The van der Waals surface area contributed by atoms with Crippen molar-refractivity contribution in [3.05, 3.63) is 53.4 Å². The lowest BCUT2D eigenvalue weighted by atomic mass is 10.0. The Hall–Kier alpha value is -1.68. The predicted molar refractivity (Wildman–Crippen MR) is 65.0 cm³/mol. The van der Waals surface area contributed by atoms with Gasteiger partial charge in [-0.1, -0.05) is 6.07 Å². The molecule has 4 heteroatoms. The quantitative estimate of drug-likeness (QED) is 0.882. The van der Waals surface area contributed by atoms with Crippen LogP contribution in [0.15, 0.2) is 30.6 Å². The van der Waals surface area contributed by atoms with Crippen LogP contribution in [0.3, 0.4) is 0 Å². The molecular weight excluding hydrogens is 217 g/mol. The highest BCUT2D eigenvalue weighted by Gasteiger charge is 2.12. The molecule has 0 radical (unpaired) electrons. The lowest BCUT2D eigenvalue weighted by molar-refractivity contribution is 0.615. The molecule has 1 heterocycles. The average molecular weight is 233 g/mol. The Labute approximate surface area is 100 Å². The van der Waals surface area contributed by atoms with E-state index in [-0.39, 0.29) is 11.9 Å². The molecule has 0 aliphatic rings. The van der Waals surface area contributed by atoms with Crippen LogP contribution < -0.4 is 5.73 Å². The maximum atomic E-state index is 13.0. The van der Waals surface area contributed by atoms with Gasteiger partial charge < -0.3 is 10.3 Å². The fourth-order valence-corrected chi connectivity index (χ4v) is 1.95. The third-order valence-electron chi connectivity index (χ3n) is 2.93. The van der Waals surface area contributed by atoms with Crippen LogP contribution in [0.5, 0.6) is 0 Å². The van der Waals surface area contributed by atoms with Crippen LogP contribution in [0.1, 0.15) is 23.0 Å². The molecule has 0 aliphatic heterocycles. The van der Waals surface area contributed by atoms with Crippen molar-refractivity contribution in [2.45, 2.75) is 19.4 Å². The van der Waals surface area contributed by atoms with Gasteiger partial charge >= 0.3 is 0 Å². The first kappa shape index (κ1) is 11.8. The van der Waals surface area contributed by atoms with E-state index in [1.165, 1.54) is 12.1 Å². The van der Waals surface area contributed by atoms with Crippen molar-refractivity contribution >= 4 is 0 Å². The maximum absolute atomic E-state index is 13.0. The molecule has 2 rings (SSSR count). The Balaban J connectivity index is 2.19. The van der Waals surface area contributed by atoms with Crippen LogP contribution in [0.4, 0.5) is 4.39 Å². The normalized spacial score (nSPS) is 12.7. The second kappa shape index (κ2) is 4.67. The second-order valence-corrected chi connectivity index (χ2v) is 4.28. The van der Waals surface area contributed by atoms with Crippen LogP contribution in [0.25, 0.3) is 0 Å². The second-order valence-electron chi connectivity index (χ2n) is 4.28. The van der Waals surface area contributed by atoms with Crippen LogP contribution in [-0.4, -0.2) is 9.55 Å². The maximum Gasteiger partial charge on any atom is 0.125 e. The Morgan fingerprint density at radius 1 is 1.47 bits per heavy atom. The molecule has 1 unspecified atom stereocenters. The highest BCUT2D eigenvalue weighted by Crippen LogP contribution is 2.17. The van der Waals surface area contributed by atoms with Crippen LogP contribution in [0, 0.1) is 12.7 Å². The summed E-state index contributed by atoms with van der Waals surface area (Å²) in [5.41, 5.74) is 8.09. The van der Waals surface area contributed by atoms with Crippen molar-refractivity contribution in [2.75, 3.05) is 0 Å². The first-order valence-electron chi connectivity index (χ1n) is 5.55. The van der Waals surface area contributed by atoms with Crippen molar-refractivity contribution in [1.29, 1.82) is 0 Å². The van der Waals surface area contributed by atoms with E-state index in [0.717, 1.165) is 17.0 Å². The molecule has 1 aromatic heterocycles. The predicted octanol–water partition coefficient (Wildman–Crippen LogP) is 2.11. The summed E-state index contributed by atoms with van der Waals surface area (Å²) < 4.78 is 14.9. The van der Waals surface area contributed by atoms with Gasteiger partial charge in [-0.05, 0) is 36.6 Å². The fraction of sp³-hybridized carbons (Fsp3) is 0.308. The van der Waals surface area contributed by atoms with Gasteiger partial charge in [0.25, 0.3) is 0 Å². The third kappa shape index (κ3) is 2.53. The molecule has 2 N–H and O–H groups in total. The van der Waals surface area contributed by atoms with Gasteiger partial charge in [0.15, 0.2) is 0 Å². The summed E-state index contributed by atoms with van der Waals surface area (Å²) in [5.74, 6) is 0.630. The molecule has 0 saturated carbocycles. The summed E-state index contributed by atoms with van der Waals surface area (Å²) in [6.45, 7) is 1.89. The molecular formula is C13H16FN3. The largest absolute Gasteiger partial charge is 0.337 e. The summed E-state index contributed by atoms with van der Waals surface area (Å²) in [4.78, 5) is 4.22. The van der Waals surface area contributed by atoms with Gasteiger partial charge in [-0.3, -0.25) is 0 Å². The third-order valence-corrected chi connectivity index (χ3v) is 2.93. The van der Waals surface area contributed by atoms with Crippen LogP contribution in [0.2, 0.25) is 0 Å². The zero-order chi connectivity index (χ0) is 12.4. The van der Waals surface area contributed by atoms with Crippen LogP contribution >= 0.6 is 0 Å². The molecule has 1 aromatic carbocycles. The van der Waals surface area contributed by atoms with E-state index in [4.69, 9.17) is 5.73 Å². The van der Waals surface area contributed by atoms with Gasteiger partial charge in [0.05, 0.1) is 6.04 Å². The molecule has 0 spiro atoms. The molecule has 0 bridgehead atoms. The van der Waals surface area contributed by atoms with Crippen molar-refractivity contribution in [3.8, 4) is 0 Å². The van der Waals surface area contributed by atoms with E-state index in [1.54, 1.807) is 12.3 Å². The Morgan fingerprint density at radius 2 is 2.24 bits per heavy atom. The van der Waals surface area contributed by atoms with Crippen molar-refractivity contribution in [2.24, 2.45) is 12.8 Å². The summed E-state index contributed by atoms with van der Waals surface area (Å²) >= 11 is 0. The number of nitrogens with zero attached hydrogens (tertiary/aromatic N) is 2. The minimum Gasteiger partial charge on any atom is -0.337 e. The molecule has 0 saturated heterocycles. The highest BCUT2D eigenvalue weighted by atomic mass is 19.1. The highest BCUT2D eigenvalue weighted by molar-refractivity contribution is 5.27. The molecule has 3 nitrogen and oxygen atoms in total. The Morgan fingerprint density at radius 3 is 2.82 bits per heavy atom. The first-order chi connectivity index (χ1) is 8.08. The minimum absolute atomic E-state index is 0.167. The summed E-state index contributed by atoms with van der Waals surface area (Å²) in [7, 11) is 1.92. The molecule has 90 valence electrons. The van der Waals surface area contributed by atoms with Crippen molar-refractivity contribution in [3.63, 3.8) is 0 Å². The standard InChI is InChI=1S/C13H16FN3/c1-9-7-11(14)4-3-10(9)8-12(15)13-16-5-6-17(13)2/h3-7,12H,8,15H2,1-2H3. The van der Waals surface area contributed by atoms with E-state index in [1.807, 2.05) is 24.7 Å². The lowest BCUT2D eigenvalue weighted by Crippen LogP contribution is -2.18. The average Bonchev–Trinajstić information content (AvgIpc) is 2.68. The summed E-state index contributed by atoms with van der Waals surface area (Å²) in [6, 6.07) is 4.61. The molecule has 0 fully saturated rings. The van der Waals surface area contributed by atoms with Crippen molar-refractivity contribution in [1.82, 2.24) is 9.55 Å². The van der Waals surface area contributed by atoms with Gasteiger partial charge in [-0.15, -0.1) is 0 Å². The van der Waals surface area contributed by atoms with Gasteiger partial charge in [0, 0.05) is 19.4 Å². The summed E-state index contributed by atoms with van der Waals surface area (Å²) in [6.07, 6.45) is 4.26. The van der Waals surface area contributed by atoms with Gasteiger partial charge in [-0.25, -0.2) is 9.37 Å². The fourth-order valence-electron chi connectivity index (χ4n) is 1.95. The van der Waals surface area contributed by atoms with E-state index < -0.39 is 0 Å². The number of aromatic nitrogens is 2. The zero-order valence-corrected chi connectivity index (χ0v) is 10.0. The Kier molecular flexibility index (Phi) is 3.24. The number of benzene rings is 1. The monoisotopic (exact) mass is 233 g/mol. The topological polar surface area (TPSA) is 43.8 Å². The van der Waals surface area contributed by atoms with Crippen LogP contribution in [-0.2, 0) is 13.5 Å². The van der Waals surface area contributed by atoms with E-state index >= 15 is 0 Å². The van der Waals surface area contributed by atoms with Gasteiger partial charge in [-0.2, -0.15) is 0 Å². The molecule has 1 atom stereocenters. The number of hydrogen-bond acceptors (Lipinski definition) is 2. The SMILES string of the molecule is Cc1cc(F)ccc1CC(N)c1nccn1C. The molecule has 2 aromatic rings. The molecule has 0 amide bonds. The van der Waals surface area contributed by atoms with E-state index in [2.05, 4.69) is 4.98 Å². The van der Waals surface area contributed by atoms with E-state index in [0.29, 0.717) is 6.42 Å². The van der Waals surface area contributed by atoms with Gasteiger partial charge in [0.1, 0.15) is 11.6 Å². The van der Waals surface area contributed by atoms with E-state index in [9.17, 15) is 4.39 Å². The number of halogens is 1. The Bertz CT molecular complexity index is 519. The first-order valence-corrected chi connectivity index (χ1v) is 5.55. The minimum atomic E-state index is -0.211. The summed E-state index contributed by atoms with van der Waals surface area (Å²) in [5, 5.41) is 0. The number of aryl methyl sites for hydroxylation is 2. The number of nitrogens with two attached hydrogens (primary N) is 1. The molecule has 17 heavy (non-hydrogen) atoms.